The summed E-state index contributed by atoms with van der Waals surface area (Å²) in [6.07, 6.45) is 7.38. The summed E-state index contributed by atoms with van der Waals surface area (Å²) in [4.78, 5) is 12.3. The molecule has 1 heterocycles. The first kappa shape index (κ1) is 10.6. The Morgan fingerprint density at radius 1 is 1.18 bits per heavy atom. The van der Waals surface area contributed by atoms with Crippen LogP contribution in [0.25, 0.3) is 0 Å². The number of fused-ring (bicyclic) bond motifs is 1. The van der Waals surface area contributed by atoms with Gasteiger partial charge in [0.25, 0.3) is 0 Å². The number of carbonyl (C=O) groups is 1. The third-order valence-corrected chi connectivity index (χ3v) is 3.53. The zero-order valence-electron chi connectivity index (χ0n) is 9.87. The second kappa shape index (κ2) is 4.36. The molecule has 0 radical (unpaired) electrons. The van der Waals surface area contributed by atoms with Gasteiger partial charge in [-0.1, -0.05) is 6.08 Å². The summed E-state index contributed by atoms with van der Waals surface area (Å²) in [5.41, 5.74) is 2.99. The molecule has 0 spiro atoms. The van der Waals surface area contributed by atoms with Gasteiger partial charge in [0.2, 0.25) is 0 Å². The fraction of sp³-hybridized carbons (Fsp3) is 0.400. The Morgan fingerprint density at radius 3 is 2.94 bits per heavy atom. The summed E-state index contributed by atoms with van der Waals surface area (Å²) in [7, 11) is 0. The second-order valence-electron chi connectivity index (χ2n) is 4.73. The molecule has 2 nitrogen and oxygen atoms in total. The van der Waals surface area contributed by atoms with Gasteiger partial charge in [-0.2, -0.15) is 0 Å². The predicted octanol–water partition coefficient (Wildman–Crippen LogP) is 3.30. The fourth-order valence-corrected chi connectivity index (χ4v) is 2.56. The molecular formula is C15H16O2. The van der Waals surface area contributed by atoms with Gasteiger partial charge in [-0.05, 0) is 55.0 Å². The normalized spacial score (nSPS) is 18.2. The van der Waals surface area contributed by atoms with E-state index in [2.05, 4.69) is 6.08 Å². The van der Waals surface area contributed by atoms with Crippen LogP contribution in [0.1, 0.15) is 41.6 Å². The Bertz CT molecular complexity index is 486. The molecular weight excluding hydrogens is 212 g/mol. The molecule has 2 aliphatic rings. The highest BCUT2D eigenvalue weighted by Crippen LogP contribution is 2.28. The summed E-state index contributed by atoms with van der Waals surface area (Å²) >= 11 is 0. The molecule has 3 rings (SSSR count). The van der Waals surface area contributed by atoms with E-state index in [0.717, 1.165) is 49.2 Å². The number of benzene rings is 1. The van der Waals surface area contributed by atoms with Crippen molar-refractivity contribution in [1.29, 1.82) is 0 Å². The van der Waals surface area contributed by atoms with Crippen molar-refractivity contribution >= 4 is 5.78 Å². The Hall–Kier alpha value is -1.57. The topological polar surface area (TPSA) is 26.3 Å². The minimum atomic E-state index is 0.208. The number of allylic oxidation sites excluding steroid dienone is 2. The highest BCUT2D eigenvalue weighted by molar-refractivity contribution is 6.08. The van der Waals surface area contributed by atoms with Gasteiger partial charge in [-0.25, -0.2) is 0 Å². The Morgan fingerprint density at radius 2 is 2.12 bits per heavy atom. The minimum Gasteiger partial charge on any atom is -0.493 e. The quantitative estimate of drug-likeness (QED) is 0.726. The Balaban J connectivity index is 1.88. The maximum Gasteiger partial charge on any atom is 0.188 e. The third-order valence-electron chi connectivity index (χ3n) is 3.53. The smallest absolute Gasteiger partial charge is 0.188 e. The van der Waals surface area contributed by atoms with Crippen molar-refractivity contribution in [3.05, 3.63) is 41.0 Å². The lowest BCUT2D eigenvalue weighted by Gasteiger charge is -2.12. The molecule has 0 aromatic heterocycles. The van der Waals surface area contributed by atoms with Crippen molar-refractivity contribution in [1.82, 2.24) is 0 Å². The second-order valence-corrected chi connectivity index (χ2v) is 4.73. The third kappa shape index (κ3) is 1.99. The molecule has 0 unspecified atom stereocenters. The Kier molecular flexibility index (Phi) is 2.71. The molecule has 2 heteroatoms. The van der Waals surface area contributed by atoms with Crippen LogP contribution in [0.2, 0.25) is 0 Å². The molecule has 0 saturated heterocycles. The van der Waals surface area contributed by atoms with Crippen molar-refractivity contribution in [2.45, 2.75) is 32.1 Å². The summed E-state index contributed by atoms with van der Waals surface area (Å²) in [6.45, 7) is 0.746. The Labute approximate surface area is 101 Å². The van der Waals surface area contributed by atoms with Crippen LogP contribution in [0.3, 0.4) is 0 Å². The van der Waals surface area contributed by atoms with Gasteiger partial charge in [0.05, 0.1) is 6.61 Å². The molecule has 0 saturated carbocycles. The van der Waals surface area contributed by atoms with Crippen molar-refractivity contribution in [3.63, 3.8) is 0 Å². The monoisotopic (exact) mass is 228 g/mol. The summed E-state index contributed by atoms with van der Waals surface area (Å²) in [5.74, 6) is 1.15. The molecule has 0 amide bonds. The van der Waals surface area contributed by atoms with Crippen LogP contribution in [-0.2, 0) is 6.42 Å². The van der Waals surface area contributed by atoms with E-state index in [4.69, 9.17) is 4.74 Å². The van der Waals surface area contributed by atoms with Crippen molar-refractivity contribution in [2.24, 2.45) is 0 Å². The van der Waals surface area contributed by atoms with E-state index in [-0.39, 0.29) is 5.78 Å². The average molecular weight is 228 g/mol. The van der Waals surface area contributed by atoms with Crippen molar-refractivity contribution in [3.8, 4) is 5.75 Å². The number of carbonyl (C=O) groups excluding carboxylic acids is 1. The van der Waals surface area contributed by atoms with Gasteiger partial charge in [0.1, 0.15) is 5.75 Å². The molecule has 0 fully saturated rings. The van der Waals surface area contributed by atoms with Crippen LogP contribution >= 0.6 is 0 Å². The highest BCUT2D eigenvalue weighted by Gasteiger charge is 2.18. The summed E-state index contributed by atoms with van der Waals surface area (Å²) < 4.78 is 5.45. The summed E-state index contributed by atoms with van der Waals surface area (Å²) in [5, 5.41) is 0. The van der Waals surface area contributed by atoms with Gasteiger partial charge in [-0.3, -0.25) is 4.79 Å². The van der Waals surface area contributed by atoms with Gasteiger partial charge in [0, 0.05) is 12.0 Å². The van der Waals surface area contributed by atoms with Gasteiger partial charge in [-0.15, -0.1) is 0 Å². The van der Waals surface area contributed by atoms with Crippen LogP contribution in [0.4, 0.5) is 0 Å². The fourth-order valence-electron chi connectivity index (χ4n) is 2.56. The van der Waals surface area contributed by atoms with Crippen LogP contribution < -0.4 is 4.74 Å². The zero-order chi connectivity index (χ0) is 11.7. The van der Waals surface area contributed by atoms with Gasteiger partial charge >= 0.3 is 0 Å². The average Bonchev–Trinajstić information content (AvgIpc) is 2.86. The lowest BCUT2D eigenvalue weighted by molar-refractivity contribution is 0.102. The molecule has 1 aromatic carbocycles. The lowest BCUT2D eigenvalue weighted by atomic mass is 9.92. The molecule has 1 aromatic rings. The van der Waals surface area contributed by atoms with Crippen molar-refractivity contribution < 1.29 is 9.53 Å². The van der Waals surface area contributed by atoms with E-state index in [1.54, 1.807) is 0 Å². The number of ketones is 1. The predicted molar refractivity (Wildman–Crippen MR) is 66.5 cm³/mol. The molecule has 88 valence electrons. The minimum absolute atomic E-state index is 0.208. The zero-order valence-corrected chi connectivity index (χ0v) is 9.87. The van der Waals surface area contributed by atoms with Gasteiger partial charge in [0.15, 0.2) is 5.78 Å². The number of hydrogen-bond donors (Lipinski definition) is 0. The van der Waals surface area contributed by atoms with E-state index >= 15 is 0 Å². The van der Waals surface area contributed by atoms with E-state index in [0.29, 0.717) is 0 Å². The maximum atomic E-state index is 12.3. The molecule has 0 N–H and O–H groups in total. The van der Waals surface area contributed by atoms with Crippen LogP contribution in [0, 0.1) is 0 Å². The maximum absolute atomic E-state index is 12.3. The SMILES string of the molecule is O=C(C1=CCCCC1)c1ccc2c(c1)CCO2. The largest absolute Gasteiger partial charge is 0.493 e. The first-order valence-electron chi connectivity index (χ1n) is 6.34. The van der Waals surface area contributed by atoms with Crippen LogP contribution in [0.5, 0.6) is 5.75 Å². The first-order chi connectivity index (χ1) is 8.34. The standard InChI is InChI=1S/C15H16O2/c16-15(11-4-2-1-3-5-11)13-6-7-14-12(10-13)8-9-17-14/h4,6-7,10H,1-3,5,8-9H2. The number of ether oxygens (including phenoxy) is 1. The molecule has 1 aliphatic carbocycles. The van der Waals surface area contributed by atoms with E-state index in [1.807, 2.05) is 18.2 Å². The van der Waals surface area contributed by atoms with Gasteiger partial charge < -0.3 is 4.74 Å². The van der Waals surface area contributed by atoms with E-state index in [1.165, 1.54) is 12.0 Å². The number of rotatable bonds is 2. The molecule has 0 atom stereocenters. The first-order valence-corrected chi connectivity index (χ1v) is 6.34. The van der Waals surface area contributed by atoms with Crippen molar-refractivity contribution in [2.75, 3.05) is 6.61 Å². The molecule has 17 heavy (non-hydrogen) atoms. The molecule has 0 bridgehead atoms. The number of hydrogen-bond acceptors (Lipinski definition) is 2. The highest BCUT2D eigenvalue weighted by atomic mass is 16.5. The van der Waals surface area contributed by atoms with Crippen LogP contribution in [-0.4, -0.2) is 12.4 Å². The van der Waals surface area contributed by atoms with E-state index in [9.17, 15) is 4.79 Å². The van der Waals surface area contributed by atoms with Crippen LogP contribution in [0.15, 0.2) is 29.8 Å². The lowest BCUT2D eigenvalue weighted by Crippen LogP contribution is -2.06. The summed E-state index contributed by atoms with van der Waals surface area (Å²) in [6, 6.07) is 5.82. The molecule has 1 aliphatic heterocycles. The number of Topliss-reactive ketones (excluding diaryl/α,β-unsaturated/α-hetero) is 1. The van der Waals surface area contributed by atoms with E-state index < -0.39 is 0 Å².